The number of rotatable bonds is 5. The molecule has 0 bridgehead atoms. The lowest BCUT2D eigenvalue weighted by molar-refractivity contribution is -0.155. The Morgan fingerprint density at radius 3 is 2.48 bits per heavy atom. The Bertz CT molecular complexity index is 432. The maximum absolute atomic E-state index is 11.7. The average Bonchev–Trinajstić information content (AvgIpc) is 2.89. The third-order valence-corrected chi connectivity index (χ3v) is 4.34. The summed E-state index contributed by atoms with van der Waals surface area (Å²) in [7, 11) is 0. The van der Waals surface area contributed by atoms with Gasteiger partial charge in [-0.15, -0.1) is 11.3 Å². The average molecular weight is 310 g/mol. The fraction of sp³-hybridized carbons (Fsp3) is 0.688. The van der Waals surface area contributed by atoms with E-state index in [-0.39, 0.29) is 11.6 Å². The Hall–Kier alpha value is -0.910. The standard InChI is InChI=1S/C16H26N2O2S/c1-16(2,3)20-15(19)6-7-17-8-10-18(11-9-17)13-14-5-4-12-21-14/h4-5,12H,6-11,13H2,1-3H3. The molecule has 0 atom stereocenters. The summed E-state index contributed by atoms with van der Waals surface area (Å²) < 4.78 is 5.35. The Morgan fingerprint density at radius 1 is 1.24 bits per heavy atom. The fourth-order valence-electron chi connectivity index (χ4n) is 2.44. The van der Waals surface area contributed by atoms with Crippen molar-refractivity contribution >= 4 is 17.3 Å². The van der Waals surface area contributed by atoms with E-state index < -0.39 is 0 Å². The smallest absolute Gasteiger partial charge is 0.307 e. The molecule has 1 aliphatic rings. The van der Waals surface area contributed by atoms with Crippen molar-refractivity contribution in [2.24, 2.45) is 0 Å². The van der Waals surface area contributed by atoms with Gasteiger partial charge in [0.2, 0.25) is 0 Å². The second kappa shape index (κ2) is 7.38. The Kier molecular flexibility index (Phi) is 5.79. The summed E-state index contributed by atoms with van der Waals surface area (Å²) in [5, 5.41) is 2.13. The van der Waals surface area contributed by atoms with E-state index in [0.29, 0.717) is 6.42 Å². The van der Waals surface area contributed by atoms with Crippen molar-refractivity contribution in [1.82, 2.24) is 9.80 Å². The van der Waals surface area contributed by atoms with Gasteiger partial charge in [-0.05, 0) is 32.2 Å². The normalized spacial score (nSPS) is 17.9. The van der Waals surface area contributed by atoms with E-state index in [1.54, 1.807) is 0 Å². The van der Waals surface area contributed by atoms with Crippen molar-refractivity contribution in [3.8, 4) is 0 Å². The first-order valence-electron chi connectivity index (χ1n) is 7.61. The number of carbonyl (C=O) groups excluding carboxylic acids is 1. The van der Waals surface area contributed by atoms with Crippen molar-refractivity contribution in [2.75, 3.05) is 32.7 Å². The maximum Gasteiger partial charge on any atom is 0.307 e. The summed E-state index contributed by atoms with van der Waals surface area (Å²) in [4.78, 5) is 18.0. The van der Waals surface area contributed by atoms with Gasteiger partial charge in [0.25, 0.3) is 0 Å². The molecular formula is C16H26N2O2S. The van der Waals surface area contributed by atoms with Crippen LogP contribution in [0.4, 0.5) is 0 Å². The summed E-state index contributed by atoms with van der Waals surface area (Å²) in [5.74, 6) is -0.0940. The van der Waals surface area contributed by atoms with Crippen LogP contribution < -0.4 is 0 Å². The van der Waals surface area contributed by atoms with Crippen LogP contribution in [0.25, 0.3) is 0 Å². The van der Waals surface area contributed by atoms with Gasteiger partial charge in [-0.2, -0.15) is 0 Å². The second-order valence-electron chi connectivity index (χ2n) is 6.53. The van der Waals surface area contributed by atoms with Crippen molar-refractivity contribution in [3.05, 3.63) is 22.4 Å². The van der Waals surface area contributed by atoms with Crippen molar-refractivity contribution < 1.29 is 9.53 Å². The van der Waals surface area contributed by atoms with Crippen LogP contribution >= 0.6 is 11.3 Å². The number of piperazine rings is 1. The monoisotopic (exact) mass is 310 g/mol. The zero-order valence-electron chi connectivity index (χ0n) is 13.3. The number of esters is 1. The van der Waals surface area contributed by atoms with E-state index in [1.807, 2.05) is 32.1 Å². The van der Waals surface area contributed by atoms with Gasteiger partial charge in [-0.1, -0.05) is 6.07 Å². The highest BCUT2D eigenvalue weighted by molar-refractivity contribution is 7.09. The third kappa shape index (κ3) is 6.16. The fourth-order valence-corrected chi connectivity index (χ4v) is 3.18. The molecule has 5 heteroatoms. The molecule has 2 rings (SSSR count). The lowest BCUT2D eigenvalue weighted by Crippen LogP contribution is -2.46. The molecule has 21 heavy (non-hydrogen) atoms. The van der Waals surface area contributed by atoms with E-state index >= 15 is 0 Å². The summed E-state index contributed by atoms with van der Waals surface area (Å²) >= 11 is 1.82. The highest BCUT2D eigenvalue weighted by atomic mass is 32.1. The quantitative estimate of drug-likeness (QED) is 0.783. The lowest BCUT2D eigenvalue weighted by atomic mass is 10.2. The number of nitrogens with zero attached hydrogens (tertiary/aromatic N) is 2. The van der Waals surface area contributed by atoms with Gasteiger partial charge in [-0.3, -0.25) is 9.69 Å². The predicted octanol–water partition coefficient (Wildman–Crippen LogP) is 2.60. The molecule has 1 aromatic rings. The van der Waals surface area contributed by atoms with E-state index in [1.165, 1.54) is 4.88 Å². The van der Waals surface area contributed by atoms with Gasteiger partial charge in [0.15, 0.2) is 0 Å². The van der Waals surface area contributed by atoms with Gasteiger partial charge in [-0.25, -0.2) is 0 Å². The molecule has 1 aromatic heterocycles. The van der Waals surface area contributed by atoms with Crippen LogP contribution in [0.15, 0.2) is 17.5 Å². The first kappa shape index (κ1) is 16.5. The molecule has 0 aromatic carbocycles. The number of hydrogen-bond donors (Lipinski definition) is 0. The summed E-state index contributed by atoms with van der Waals surface area (Å²) in [6.45, 7) is 11.8. The molecular weight excluding hydrogens is 284 g/mol. The largest absolute Gasteiger partial charge is 0.460 e. The van der Waals surface area contributed by atoms with Crippen molar-refractivity contribution in [3.63, 3.8) is 0 Å². The van der Waals surface area contributed by atoms with Crippen LogP contribution in [0.3, 0.4) is 0 Å². The molecule has 2 heterocycles. The van der Waals surface area contributed by atoms with Crippen molar-refractivity contribution in [1.29, 1.82) is 0 Å². The van der Waals surface area contributed by atoms with Gasteiger partial charge >= 0.3 is 5.97 Å². The first-order chi connectivity index (χ1) is 9.92. The van der Waals surface area contributed by atoms with E-state index in [0.717, 1.165) is 39.3 Å². The molecule has 0 saturated carbocycles. The topological polar surface area (TPSA) is 32.8 Å². The Balaban J connectivity index is 1.64. The van der Waals surface area contributed by atoms with Crippen LogP contribution in [0.2, 0.25) is 0 Å². The molecule has 0 amide bonds. The highest BCUT2D eigenvalue weighted by Crippen LogP contribution is 2.14. The highest BCUT2D eigenvalue weighted by Gasteiger charge is 2.20. The van der Waals surface area contributed by atoms with E-state index in [2.05, 4.69) is 27.3 Å². The molecule has 0 aliphatic carbocycles. The minimum absolute atomic E-state index is 0.0940. The summed E-state index contributed by atoms with van der Waals surface area (Å²) in [5.41, 5.74) is -0.378. The second-order valence-corrected chi connectivity index (χ2v) is 7.57. The molecule has 0 N–H and O–H groups in total. The molecule has 4 nitrogen and oxygen atoms in total. The Morgan fingerprint density at radius 2 is 1.90 bits per heavy atom. The number of ether oxygens (including phenoxy) is 1. The Labute approximate surface area is 131 Å². The van der Waals surface area contributed by atoms with Gasteiger partial charge in [0, 0.05) is 44.1 Å². The molecule has 1 aliphatic heterocycles. The minimum atomic E-state index is -0.378. The van der Waals surface area contributed by atoms with E-state index in [9.17, 15) is 4.79 Å². The zero-order valence-corrected chi connectivity index (χ0v) is 14.1. The van der Waals surface area contributed by atoms with Gasteiger partial charge in [0.1, 0.15) is 5.60 Å². The van der Waals surface area contributed by atoms with Gasteiger partial charge < -0.3 is 9.64 Å². The third-order valence-electron chi connectivity index (χ3n) is 3.48. The van der Waals surface area contributed by atoms with Crippen LogP contribution in [-0.4, -0.2) is 54.1 Å². The van der Waals surface area contributed by atoms with Crippen LogP contribution in [-0.2, 0) is 16.1 Å². The molecule has 0 unspecified atom stereocenters. The molecule has 1 fully saturated rings. The maximum atomic E-state index is 11.7. The molecule has 118 valence electrons. The molecule has 0 radical (unpaired) electrons. The number of carbonyl (C=O) groups is 1. The predicted molar refractivity (Wildman–Crippen MR) is 86.5 cm³/mol. The van der Waals surface area contributed by atoms with Crippen LogP contribution in [0, 0.1) is 0 Å². The number of hydrogen-bond acceptors (Lipinski definition) is 5. The molecule has 0 spiro atoms. The summed E-state index contributed by atoms with van der Waals surface area (Å²) in [6.07, 6.45) is 0.488. The lowest BCUT2D eigenvalue weighted by Gasteiger charge is -2.34. The van der Waals surface area contributed by atoms with Crippen molar-refractivity contribution in [2.45, 2.75) is 39.3 Å². The molecule has 1 saturated heterocycles. The summed E-state index contributed by atoms with van der Waals surface area (Å²) in [6, 6.07) is 4.30. The van der Waals surface area contributed by atoms with Crippen LogP contribution in [0.5, 0.6) is 0 Å². The van der Waals surface area contributed by atoms with Crippen LogP contribution in [0.1, 0.15) is 32.1 Å². The minimum Gasteiger partial charge on any atom is -0.460 e. The zero-order chi connectivity index (χ0) is 15.3. The SMILES string of the molecule is CC(C)(C)OC(=O)CCN1CCN(Cc2cccs2)CC1. The van der Waals surface area contributed by atoms with E-state index in [4.69, 9.17) is 4.74 Å². The first-order valence-corrected chi connectivity index (χ1v) is 8.49. The van der Waals surface area contributed by atoms with Gasteiger partial charge in [0.05, 0.1) is 6.42 Å². The number of thiophene rings is 1.